The molecule has 0 aliphatic rings. The van der Waals surface area contributed by atoms with Gasteiger partial charge in [0.15, 0.2) is 0 Å². The molecule has 0 atom stereocenters. The molecule has 0 radical (unpaired) electrons. The summed E-state index contributed by atoms with van der Waals surface area (Å²) in [5.41, 5.74) is 2.95. The average molecular weight is 385 g/mol. The van der Waals surface area contributed by atoms with Gasteiger partial charge in [-0.15, -0.1) is 0 Å². The van der Waals surface area contributed by atoms with Gasteiger partial charge in [-0.25, -0.2) is 9.78 Å². The molecule has 144 valence electrons. The predicted octanol–water partition coefficient (Wildman–Crippen LogP) is 5.09. The van der Waals surface area contributed by atoms with E-state index in [1.807, 2.05) is 60.7 Å². The number of aromatic carboxylic acids is 1. The van der Waals surface area contributed by atoms with E-state index >= 15 is 0 Å². The molecule has 1 N–H and O–H groups in total. The van der Waals surface area contributed by atoms with Crippen LogP contribution >= 0.6 is 0 Å². The van der Waals surface area contributed by atoms with Gasteiger partial charge in [0.2, 0.25) is 0 Å². The van der Waals surface area contributed by atoms with Crippen LogP contribution in [0, 0.1) is 0 Å². The summed E-state index contributed by atoms with van der Waals surface area (Å²) in [6, 6.07) is 26.0. The third-order valence-electron chi connectivity index (χ3n) is 4.45. The van der Waals surface area contributed by atoms with Crippen LogP contribution in [0.5, 0.6) is 11.5 Å². The summed E-state index contributed by atoms with van der Waals surface area (Å²) in [4.78, 5) is 15.5. The van der Waals surface area contributed by atoms with Gasteiger partial charge in [-0.3, -0.25) is 0 Å². The van der Waals surface area contributed by atoms with Crippen LogP contribution in [0.4, 0.5) is 0 Å². The molecule has 0 saturated heterocycles. The summed E-state index contributed by atoms with van der Waals surface area (Å²) in [6.07, 6.45) is 0. The van der Waals surface area contributed by atoms with Gasteiger partial charge >= 0.3 is 5.97 Å². The van der Waals surface area contributed by atoms with Crippen molar-refractivity contribution >= 4 is 16.9 Å². The molecular weight excluding hydrogens is 366 g/mol. The molecular formula is C24H19NO4. The Morgan fingerprint density at radius 3 is 2.28 bits per heavy atom. The van der Waals surface area contributed by atoms with Crippen molar-refractivity contribution in [3.8, 4) is 11.5 Å². The largest absolute Gasteiger partial charge is 0.489 e. The zero-order valence-electron chi connectivity index (χ0n) is 15.6. The SMILES string of the molecule is O=C(O)c1ccc(COc2cccc(OCc3ccc4ccccc4n3)c2)cc1. The van der Waals surface area contributed by atoms with E-state index in [1.54, 1.807) is 24.3 Å². The number of hydrogen-bond donors (Lipinski definition) is 1. The average Bonchev–Trinajstić information content (AvgIpc) is 2.77. The Labute approximate surface area is 168 Å². The van der Waals surface area contributed by atoms with Gasteiger partial charge in [0, 0.05) is 11.5 Å². The van der Waals surface area contributed by atoms with Gasteiger partial charge in [0.25, 0.3) is 0 Å². The Morgan fingerprint density at radius 1 is 0.793 bits per heavy atom. The number of nitrogens with zero attached hydrogens (tertiary/aromatic N) is 1. The number of pyridine rings is 1. The molecule has 1 heterocycles. The topological polar surface area (TPSA) is 68.7 Å². The van der Waals surface area contributed by atoms with Crippen LogP contribution in [0.2, 0.25) is 0 Å². The third-order valence-corrected chi connectivity index (χ3v) is 4.45. The highest BCUT2D eigenvalue weighted by atomic mass is 16.5. The van der Waals surface area contributed by atoms with Crippen molar-refractivity contribution in [3.05, 3.63) is 102 Å². The van der Waals surface area contributed by atoms with Crippen molar-refractivity contribution < 1.29 is 19.4 Å². The highest BCUT2D eigenvalue weighted by molar-refractivity contribution is 5.87. The van der Waals surface area contributed by atoms with Gasteiger partial charge in [-0.05, 0) is 42.0 Å². The maximum atomic E-state index is 10.9. The molecule has 5 nitrogen and oxygen atoms in total. The van der Waals surface area contributed by atoms with Crippen LogP contribution in [0.3, 0.4) is 0 Å². The lowest BCUT2D eigenvalue weighted by Gasteiger charge is -2.10. The Hall–Kier alpha value is -3.86. The highest BCUT2D eigenvalue weighted by Crippen LogP contribution is 2.22. The molecule has 0 aliphatic carbocycles. The summed E-state index contributed by atoms with van der Waals surface area (Å²) >= 11 is 0. The van der Waals surface area contributed by atoms with Gasteiger partial charge in [-0.1, -0.05) is 42.5 Å². The molecule has 4 aromatic rings. The van der Waals surface area contributed by atoms with Crippen molar-refractivity contribution in [3.63, 3.8) is 0 Å². The molecule has 0 fully saturated rings. The minimum absolute atomic E-state index is 0.256. The second-order valence-corrected chi connectivity index (χ2v) is 6.55. The van der Waals surface area contributed by atoms with Gasteiger partial charge in [-0.2, -0.15) is 0 Å². The Kier molecular flexibility index (Phi) is 5.38. The lowest BCUT2D eigenvalue weighted by atomic mass is 10.1. The number of fused-ring (bicyclic) bond motifs is 1. The minimum atomic E-state index is -0.941. The number of ether oxygens (including phenoxy) is 2. The molecule has 29 heavy (non-hydrogen) atoms. The number of aromatic nitrogens is 1. The smallest absolute Gasteiger partial charge is 0.335 e. The Morgan fingerprint density at radius 2 is 1.52 bits per heavy atom. The molecule has 0 spiro atoms. The maximum absolute atomic E-state index is 10.9. The summed E-state index contributed by atoms with van der Waals surface area (Å²) in [5.74, 6) is 0.429. The first-order valence-electron chi connectivity index (χ1n) is 9.20. The third kappa shape index (κ3) is 4.71. The number of rotatable bonds is 7. The van der Waals surface area contributed by atoms with Gasteiger partial charge in [0.1, 0.15) is 24.7 Å². The van der Waals surface area contributed by atoms with Crippen molar-refractivity contribution in [2.45, 2.75) is 13.2 Å². The van der Waals surface area contributed by atoms with Crippen molar-refractivity contribution in [2.24, 2.45) is 0 Å². The van der Waals surface area contributed by atoms with E-state index in [4.69, 9.17) is 14.6 Å². The van der Waals surface area contributed by atoms with Crippen molar-refractivity contribution in [1.82, 2.24) is 4.98 Å². The molecule has 0 aliphatic heterocycles. The minimum Gasteiger partial charge on any atom is -0.489 e. The second kappa shape index (κ2) is 8.44. The number of benzene rings is 3. The second-order valence-electron chi connectivity index (χ2n) is 6.55. The van der Waals surface area contributed by atoms with Crippen LogP contribution in [0.25, 0.3) is 10.9 Å². The summed E-state index contributed by atoms with van der Waals surface area (Å²) in [6.45, 7) is 0.709. The summed E-state index contributed by atoms with van der Waals surface area (Å²) in [7, 11) is 0. The van der Waals surface area contributed by atoms with Crippen molar-refractivity contribution in [2.75, 3.05) is 0 Å². The number of hydrogen-bond acceptors (Lipinski definition) is 4. The molecule has 5 heteroatoms. The monoisotopic (exact) mass is 385 g/mol. The fourth-order valence-electron chi connectivity index (χ4n) is 2.91. The zero-order chi connectivity index (χ0) is 20.1. The van der Waals surface area contributed by atoms with E-state index < -0.39 is 5.97 Å². The fourth-order valence-corrected chi connectivity index (χ4v) is 2.91. The Balaban J connectivity index is 1.37. The molecule has 3 aromatic carbocycles. The van der Waals surface area contributed by atoms with Crippen LogP contribution in [0.15, 0.2) is 84.9 Å². The van der Waals surface area contributed by atoms with E-state index in [-0.39, 0.29) is 5.56 Å². The first kappa shape index (κ1) is 18.5. The fraction of sp³-hybridized carbons (Fsp3) is 0.0833. The van der Waals surface area contributed by atoms with Crippen LogP contribution in [-0.2, 0) is 13.2 Å². The summed E-state index contributed by atoms with van der Waals surface area (Å²) in [5, 5.41) is 10.0. The van der Waals surface area contributed by atoms with E-state index in [0.29, 0.717) is 24.7 Å². The molecule has 0 unspecified atom stereocenters. The molecule has 0 amide bonds. The lowest BCUT2D eigenvalue weighted by molar-refractivity contribution is 0.0697. The van der Waals surface area contributed by atoms with Crippen LogP contribution < -0.4 is 9.47 Å². The van der Waals surface area contributed by atoms with Crippen LogP contribution in [0.1, 0.15) is 21.6 Å². The lowest BCUT2D eigenvalue weighted by Crippen LogP contribution is -2.00. The number of carboxylic acid groups (broad SMARTS) is 1. The number of carbonyl (C=O) groups is 1. The standard InChI is InChI=1S/C24H19NO4/c26-24(27)19-10-8-17(9-11-19)15-28-21-5-3-6-22(14-21)29-16-20-13-12-18-4-1-2-7-23(18)25-20/h1-14H,15-16H2,(H,26,27). The van der Waals surface area contributed by atoms with Crippen molar-refractivity contribution in [1.29, 1.82) is 0 Å². The number of carboxylic acids is 1. The predicted molar refractivity (Wildman–Crippen MR) is 110 cm³/mol. The first-order chi connectivity index (χ1) is 14.2. The molecule has 0 saturated carbocycles. The number of para-hydroxylation sites is 1. The highest BCUT2D eigenvalue weighted by Gasteiger charge is 2.04. The molecule has 4 rings (SSSR count). The van der Waals surface area contributed by atoms with E-state index in [1.165, 1.54) is 0 Å². The zero-order valence-corrected chi connectivity index (χ0v) is 15.6. The first-order valence-corrected chi connectivity index (χ1v) is 9.20. The normalized spacial score (nSPS) is 10.6. The Bertz CT molecular complexity index is 1140. The van der Waals surface area contributed by atoms with Gasteiger partial charge in [0.05, 0.1) is 16.8 Å². The summed E-state index contributed by atoms with van der Waals surface area (Å²) < 4.78 is 11.7. The van der Waals surface area contributed by atoms with E-state index in [0.717, 1.165) is 22.2 Å². The van der Waals surface area contributed by atoms with E-state index in [2.05, 4.69) is 4.98 Å². The molecule has 1 aromatic heterocycles. The van der Waals surface area contributed by atoms with Gasteiger partial charge < -0.3 is 14.6 Å². The molecule has 0 bridgehead atoms. The van der Waals surface area contributed by atoms with E-state index in [9.17, 15) is 4.79 Å². The quantitative estimate of drug-likeness (QED) is 0.480. The van der Waals surface area contributed by atoms with Crippen LogP contribution in [-0.4, -0.2) is 16.1 Å². The maximum Gasteiger partial charge on any atom is 0.335 e.